The molecule has 2 aromatic carbocycles. The summed E-state index contributed by atoms with van der Waals surface area (Å²) in [4.78, 5) is 24.9. The molecule has 0 radical (unpaired) electrons. The first-order valence-electron chi connectivity index (χ1n) is 11.8. The number of aromatic carboxylic acids is 1. The molecular weight excluding hydrogens is 400 g/mol. The van der Waals surface area contributed by atoms with Crippen molar-refractivity contribution in [3.63, 3.8) is 0 Å². The van der Waals surface area contributed by atoms with Crippen molar-refractivity contribution in [2.24, 2.45) is 0 Å². The van der Waals surface area contributed by atoms with Gasteiger partial charge in [0, 0.05) is 17.9 Å². The minimum absolute atomic E-state index is 0.100. The van der Waals surface area contributed by atoms with Crippen LogP contribution in [0.2, 0.25) is 0 Å². The van der Waals surface area contributed by atoms with Gasteiger partial charge in [-0.05, 0) is 48.4 Å². The van der Waals surface area contributed by atoms with Crippen LogP contribution in [-0.4, -0.2) is 20.2 Å². The molecule has 4 rings (SSSR count). The molecule has 1 N–H and O–H groups in total. The van der Waals surface area contributed by atoms with Crippen molar-refractivity contribution in [3.05, 3.63) is 82.0 Å². The van der Waals surface area contributed by atoms with Crippen molar-refractivity contribution >= 4 is 5.97 Å². The number of nitrogens with zero attached hydrogens (tertiary/aromatic N) is 2. The summed E-state index contributed by atoms with van der Waals surface area (Å²) in [6.45, 7) is 2.72. The van der Waals surface area contributed by atoms with Crippen molar-refractivity contribution in [2.75, 3.05) is 0 Å². The van der Waals surface area contributed by atoms with E-state index in [0.717, 1.165) is 48.9 Å². The normalized spacial score (nSPS) is 14.5. The average molecular weight is 433 g/mol. The fourth-order valence-electron chi connectivity index (χ4n) is 4.79. The van der Waals surface area contributed by atoms with Crippen LogP contribution < -0.4 is 5.69 Å². The zero-order valence-corrected chi connectivity index (χ0v) is 18.8. The molecule has 5 heteroatoms. The third-order valence-electron chi connectivity index (χ3n) is 6.60. The van der Waals surface area contributed by atoms with Gasteiger partial charge in [-0.3, -0.25) is 9.13 Å². The maximum Gasteiger partial charge on any atom is 0.336 e. The molecule has 5 nitrogen and oxygen atoms in total. The van der Waals surface area contributed by atoms with Crippen LogP contribution in [0.25, 0.3) is 11.1 Å². The highest BCUT2D eigenvalue weighted by Gasteiger charge is 2.20. The average Bonchev–Trinajstić information content (AvgIpc) is 3.14. The largest absolute Gasteiger partial charge is 0.478 e. The van der Waals surface area contributed by atoms with Crippen LogP contribution in [0.5, 0.6) is 0 Å². The van der Waals surface area contributed by atoms with E-state index in [-0.39, 0.29) is 5.69 Å². The second-order valence-corrected chi connectivity index (χ2v) is 8.84. The maximum atomic E-state index is 13.3. The lowest BCUT2D eigenvalue weighted by atomic mass is 9.95. The predicted molar refractivity (Wildman–Crippen MR) is 127 cm³/mol. The molecule has 1 aromatic heterocycles. The number of rotatable bonds is 8. The molecule has 32 heavy (non-hydrogen) atoms. The van der Waals surface area contributed by atoms with Crippen molar-refractivity contribution in [1.29, 1.82) is 0 Å². The Balaban J connectivity index is 1.61. The number of imidazole rings is 1. The van der Waals surface area contributed by atoms with Gasteiger partial charge in [0.15, 0.2) is 0 Å². The molecule has 1 heterocycles. The zero-order valence-electron chi connectivity index (χ0n) is 18.8. The van der Waals surface area contributed by atoms with Crippen LogP contribution in [0, 0.1) is 0 Å². The smallest absolute Gasteiger partial charge is 0.336 e. The van der Waals surface area contributed by atoms with Crippen molar-refractivity contribution in [2.45, 2.75) is 70.9 Å². The molecule has 0 saturated heterocycles. The van der Waals surface area contributed by atoms with Gasteiger partial charge in [0.05, 0.1) is 12.1 Å². The Kier molecular flexibility index (Phi) is 6.93. The standard InChI is InChI=1S/C27H32N2O3/c1-2-3-9-23-19-29(22-10-5-4-6-11-22)27(32)28(23)18-20-14-16-21(17-15-20)24-12-7-8-13-25(24)26(30)31/h7-8,12-17,19,22H,2-6,9-11,18H2,1H3,(H,30,31). The summed E-state index contributed by atoms with van der Waals surface area (Å²) in [6, 6.07) is 15.3. The Bertz CT molecular complexity index is 1120. The summed E-state index contributed by atoms with van der Waals surface area (Å²) in [6.07, 6.45) is 11.0. The lowest BCUT2D eigenvalue weighted by Gasteiger charge is -2.22. The second-order valence-electron chi connectivity index (χ2n) is 8.84. The molecule has 0 spiro atoms. The van der Waals surface area contributed by atoms with Crippen LogP contribution in [0.1, 0.15) is 79.5 Å². The first-order valence-corrected chi connectivity index (χ1v) is 11.8. The van der Waals surface area contributed by atoms with Crippen LogP contribution in [0.3, 0.4) is 0 Å². The molecule has 1 saturated carbocycles. The monoisotopic (exact) mass is 432 g/mol. The summed E-state index contributed by atoms with van der Waals surface area (Å²) in [7, 11) is 0. The minimum Gasteiger partial charge on any atom is -0.478 e. The number of hydrogen-bond acceptors (Lipinski definition) is 2. The van der Waals surface area contributed by atoms with E-state index in [9.17, 15) is 14.7 Å². The van der Waals surface area contributed by atoms with E-state index in [1.165, 1.54) is 19.3 Å². The fraction of sp³-hybridized carbons (Fsp3) is 0.407. The third-order valence-corrected chi connectivity index (χ3v) is 6.60. The van der Waals surface area contributed by atoms with Gasteiger partial charge in [-0.25, -0.2) is 9.59 Å². The molecule has 0 bridgehead atoms. The van der Waals surface area contributed by atoms with Crippen molar-refractivity contribution < 1.29 is 9.90 Å². The second kappa shape index (κ2) is 10.0. The lowest BCUT2D eigenvalue weighted by molar-refractivity contribution is 0.0697. The Labute approximate surface area is 189 Å². The Morgan fingerprint density at radius 3 is 2.44 bits per heavy atom. The fourth-order valence-corrected chi connectivity index (χ4v) is 4.79. The molecule has 1 aliphatic carbocycles. The topological polar surface area (TPSA) is 64.2 Å². The van der Waals surface area contributed by atoms with Gasteiger partial charge in [0.1, 0.15) is 0 Å². The maximum absolute atomic E-state index is 13.3. The van der Waals surface area contributed by atoms with E-state index in [0.29, 0.717) is 23.7 Å². The zero-order chi connectivity index (χ0) is 22.5. The summed E-state index contributed by atoms with van der Waals surface area (Å²) < 4.78 is 3.92. The van der Waals surface area contributed by atoms with Crippen LogP contribution >= 0.6 is 0 Å². The molecule has 168 valence electrons. The van der Waals surface area contributed by atoms with Crippen LogP contribution in [0.15, 0.2) is 59.5 Å². The Morgan fingerprint density at radius 2 is 1.75 bits per heavy atom. The highest BCUT2D eigenvalue weighted by Crippen LogP contribution is 2.28. The number of carbonyl (C=O) groups is 1. The Hall–Kier alpha value is -3.08. The van der Waals surface area contributed by atoms with E-state index in [1.807, 2.05) is 45.5 Å². The van der Waals surface area contributed by atoms with Crippen LogP contribution in [-0.2, 0) is 13.0 Å². The molecule has 0 amide bonds. The van der Waals surface area contributed by atoms with E-state index >= 15 is 0 Å². The van der Waals surface area contributed by atoms with Gasteiger partial charge in [-0.15, -0.1) is 0 Å². The van der Waals surface area contributed by atoms with Gasteiger partial charge >= 0.3 is 11.7 Å². The summed E-state index contributed by atoms with van der Waals surface area (Å²) in [5.74, 6) is -0.930. The number of aromatic nitrogens is 2. The number of hydrogen-bond donors (Lipinski definition) is 1. The highest BCUT2D eigenvalue weighted by atomic mass is 16.4. The minimum atomic E-state index is -0.930. The van der Waals surface area contributed by atoms with E-state index in [2.05, 4.69) is 13.1 Å². The molecule has 1 fully saturated rings. The number of aryl methyl sites for hydroxylation is 1. The van der Waals surface area contributed by atoms with Crippen molar-refractivity contribution in [3.8, 4) is 11.1 Å². The number of unbranched alkanes of at least 4 members (excludes halogenated alkanes) is 1. The predicted octanol–water partition coefficient (Wildman–Crippen LogP) is 5.91. The van der Waals surface area contributed by atoms with Gasteiger partial charge in [-0.1, -0.05) is 75.1 Å². The summed E-state index contributed by atoms with van der Waals surface area (Å²) in [5.41, 5.74) is 4.12. The van der Waals surface area contributed by atoms with E-state index in [4.69, 9.17) is 0 Å². The summed E-state index contributed by atoms with van der Waals surface area (Å²) >= 11 is 0. The third kappa shape index (κ3) is 4.72. The SMILES string of the molecule is CCCCc1cn(C2CCCCC2)c(=O)n1Cc1ccc(-c2ccccc2C(=O)O)cc1. The first kappa shape index (κ1) is 22.1. The molecular formula is C27H32N2O3. The number of carboxylic acid groups (broad SMARTS) is 1. The first-order chi connectivity index (χ1) is 15.6. The molecule has 0 aliphatic heterocycles. The van der Waals surface area contributed by atoms with E-state index < -0.39 is 5.97 Å². The summed E-state index contributed by atoms with van der Waals surface area (Å²) in [5, 5.41) is 9.48. The molecule has 0 unspecified atom stereocenters. The molecule has 1 aliphatic rings. The van der Waals surface area contributed by atoms with E-state index in [1.54, 1.807) is 12.1 Å². The van der Waals surface area contributed by atoms with Gasteiger partial charge in [0.25, 0.3) is 0 Å². The quantitative estimate of drug-likeness (QED) is 0.481. The number of carboxylic acids is 1. The Morgan fingerprint density at radius 1 is 1.03 bits per heavy atom. The van der Waals surface area contributed by atoms with Crippen LogP contribution in [0.4, 0.5) is 0 Å². The number of benzene rings is 2. The van der Waals surface area contributed by atoms with Gasteiger partial charge in [0.2, 0.25) is 0 Å². The highest BCUT2D eigenvalue weighted by molar-refractivity contribution is 5.95. The molecule has 3 aromatic rings. The van der Waals surface area contributed by atoms with Crippen molar-refractivity contribution in [1.82, 2.24) is 9.13 Å². The molecule has 0 atom stereocenters. The lowest BCUT2D eigenvalue weighted by Crippen LogP contribution is -2.29. The van der Waals surface area contributed by atoms with Gasteiger partial charge in [-0.2, -0.15) is 0 Å². The van der Waals surface area contributed by atoms with Gasteiger partial charge < -0.3 is 5.11 Å².